The van der Waals surface area contributed by atoms with Crippen molar-refractivity contribution >= 4 is 39.0 Å². The molecule has 0 saturated carbocycles. The SMILES string of the molecule is c1ccc(-c2ccc(N(c3ccc4c(c3)C(c3ccccc3)(c3ccccc3)c3ccccc3-4)c3ccc4c(c3)oc3cc(-c5ccccc5)ccc34)cc2)cc1. The summed E-state index contributed by atoms with van der Waals surface area (Å²) in [6.45, 7) is 0. The van der Waals surface area contributed by atoms with Crippen molar-refractivity contribution in [3.05, 3.63) is 247 Å². The van der Waals surface area contributed by atoms with E-state index in [1.165, 1.54) is 50.1 Å². The third-order valence-corrected chi connectivity index (χ3v) is 11.8. The lowest BCUT2D eigenvalue weighted by molar-refractivity contribution is 0.669. The standard InChI is InChI=1S/C55H37NO/c1-5-15-38(16-6-1)40-25-28-44(29-26-40)56(46-31-34-50-49-32-27-41(39-17-7-2-8-18-39)35-53(49)57-54(50)37-46)45-30-33-48-47-23-13-14-24-51(47)55(52(48)36-45,42-19-9-3-10-20-42)43-21-11-4-12-22-43/h1-37H. The van der Waals surface area contributed by atoms with Gasteiger partial charge in [0.2, 0.25) is 0 Å². The highest BCUT2D eigenvalue weighted by molar-refractivity contribution is 6.07. The number of hydrogen-bond donors (Lipinski definition) is 0. The lowest BCUT2D eigenvalue weighted by atomic mass is 9.67. The Kier molecular flexibility index (Phi) is 7.75. The van der Waals surface area contributed by atoms with Gasteiger partial charge in [-0.05, 0) is 104 Å². The number of anilines is 3. The Labute approximate surface area is 332 Å². The highest BCUT2D eigenvalue weighted by atomic mass is 16.3. The van der Waals surface area contributed by atoms with Crippen LogP contribution in [0.5, 0.6) is 0 Å². The second-order valence-electron chi connectivity index (χ2n) is 14.9. The van der Waals surface area contributed by atoms with Crippen LogP contribution >= 0.6 is 0 Å². The molecular formula is C55H37NO. The van der Waals surface area contributed by atoms with Crippen LogP contribution in [0.3, 0.4) is 0 Å². The van der Waals surface area contributed by atoms with E-state index >= 15 is 0 Å². The van der Waals surface area contributed by atoms with Crippen LogP contribution in [0.2, 0.25) is 0 Å². The van der Waals surface area contributed by atoms with E-state index in [0.29, 0.717) is 0 Å². The average Bonchev–Trinajstić information content (AvgIpc) is 3.80. The molecule has 0 radical (unpaired) electrons. The van der Waals surface area contributed by atoms with Gasteiger partial charge in [-0.25, -0.2) is 0 Å². The van der Waals surface area contributed by atoms with Gasteiger partial charge in [0.05, 0.1) is 5.41 Å². The van der Waals surface area contributed by atoms with Crippen LogP contribution in [0.1, 0.15) is 22.3 Å². The van der Waals surface area contributed by atoms with Gasteiger partial charge in [0.1, 0.15) is 11.2 Å². The van der Waals surface area contributed by atoms with Crippen molar-refractivity contribution in [3.8, 4) is 33.4 Å². The van der Waals surface area contributed by atoms with E-state index in [1.54, 1.807) is 0 Å². The topological polar surface area (TPSA) is 16.4 Å². The van der Waals surface area contributed by atoms with Gasteiger partial charge in [0, 0.05) is 33.9 Å². The van der Waals surface area contributed by atoms with Crippen molar-refractivity contribution < 1.29 is 4.42 Å². The Bertz CT molecular complexity index is 3000. The number of nitrogens with zero attached hydrogens (tertiary/aromatic N) is 1. The number of rotatable bonds is 7. The van der Waals surface area contributed by atoms with Gasteiger partial charge in [-0.3, -0.25) is 0 Å². The van der Waals surface area contributed by atoms with Crippen LogP contribution in [0.15, 0.2) is 229 Å². The molecule has 57 heavy (non-hydrogen) atoms. The first kappa shape index (κ1) is 33.0. The van der Waals surface area contributed by atoms with Crippen LogP contribution in [-0.4, -0.2) is 0 Å². The molecule has 0 spiro atoms. The van der Waals surface area contributed by atoms with E-state index in [0.717, 1.165) is 44.6 Å². The monoisotopic (exact) mass is 727 g/mol. The molecule has 0 aliphatic heterocycles. The molecule has 2 nitrogen and oxygen atoms in total. The average molecular weight is 728 g/mol. The fourth-order valence-corrected chi connectivity index (χ4v) is 9.17. The zero-order chi connectivity index (χ0) is 37.8. The van der Waals surface area contributed by atoms with Gasteiger partial charge in [0.25, 0.3) is 0 Å². The summed E-state index contributed by atoms with van der Waals surface area (Å²) < 4.78 is 6.69. The minimum absolute atomic E-state index is 0.507. The summed E-state index contributed by atoms with van der Waals surface area (Å²) in [4.78, 5) is 2.38. The minimum atomic E-state index is -0.507. The zero-order valence-electron chi connectivity index (χ0n) is 31.2. The maximum absolute atomic E-state index is 6.69. The Morgan fingerprint density at radius 2 is 0.772 bits per heavy atom. The number of furan rings is 1. The highest BCUT2D eigenvalue weighted by Crippen LogP contribution is 2.57. The van der Waals surface area contributed by atoms with Crippen LogP contribution in [0, 0.1) is 0 Å². The summed E-state index contributed by atoms with van der Waals surface area (Å²) in [5.74, 6) is 0. The molecule has 1 aliphatic rings. The van der Waals surface area contributed by atoms with E-state index in [2.05, 4.69) is 229 Å². The summed E-state index contributed by atoms with van der Waals surface area (Å²) in [6, 6.07) is 81.1. The van der Waals surface area contributed by atoms with E-state index in [9.17, 15) is 0 Å². The fraction of sp³-hybridized carbons (Fsp3) is 0.0182. The summed E-state index contributed by atoms with van der Waals surface area (Å²) in [5, 5.41) is 2.21. The molecular weight excluding hydrogens is 691 g/mol. The first-order chi connectivity index (χ1) is 28.3. The quantitative estimate of drug-likeness (QED) is 0.163. The third-order valence-electron chi connectivity index (χ3n) is 11.8. The van der Waals surface area contributed by atoms with Crippen molar-refractivity contribution in [2.24, 2.45) is 0 Å². The van der Waals surface area contributed by atoms with Gasteiger partial charge in [-0.1, -0.05) is 170 Å². The highest BCUT2D eigenvalue weighted by Gasteiger charge is 2.46. The molecule has 268 valence electrons. The molecule has 11 rings (SSSR count). The summed E-state index contributed by atoms with van der Waals surface area (Å²) in [5.41, 5.74) is 16.7. The van der Waals surface area contributed by atoms with E-state index in [-0.39, 0.29) is 0 Å². The molecule has 0 fully saturated rings. The normalized spacial score (nSPS) is 12.7. The molecule has 2 heteroatoms. The predicted molar refractivity (Wildman–Crippen MR) is 237 cm³/mol. The molecule has 9 aromatic carbocycles. The molecule has 0 unspecified atom stereocenters. The summed E-state index contributed by atoms with van der Waals surface area (Å²) in [7, 11) is 0. The van der Waals surface area contributed by atoms with Gasteiger partial charge < -0.3 is 9.32 Å². The molecule has 10 aromatic rings. The molecule has 0 bridgehead atoms. The number of fused-ring (bicyclic) bond motifs is 6. The summed E-state index contributed by atoms with van der Waals surface area (Å²) >= 11 is 0. The van der Waals surface area contributed by atoms with E-state index < -0.39 is 5.41 Å². The fourth-order valence-electron chi connectivity index (χ4n) is 9.17. The lowest BCUT2D eigenvalue weighted by Crippen LogP contribution is -2.28. The van der Waals surface area contributed by atoms with Gasteiger partial charge in [-0.15, -0.1) is 0 Å². The van der Waals surface area contributed by atoms with Crippen molar-refractivity contribution in [1.29, 1.82) is 0 Å². The maximum Gasteiger partial charge on any atom is 0.137 e. The first-order valence-corrected chi connectivity index (χ1v) is 19.6. The number of hydrogen-bond acceptors (Lipinski definition) is 2. The largest absolute Gasteiger partial charge is 0.456 e. The van der Waals surface area contributed by atoms with Crippen molar-refractivity contribution in [3.63, 3.8) is 0 Å². The molecule has 1 heterocycles. The van der Waals surface area contributed by atoms with Crippen molar-refractivity contribution in [2.75, 3.05) is 4.90 Å². The maximum atomic E-state index is 6.69. The van der Waals surface area contributed by atoms with Crippen molar-refractivity contribution in [2.45, 2.75) is 5.41 Å². The van der Waals surface area contributed by atoms with E-state index in [1.807, 2.05) is 0 Å². The van der Waals surface area contributed by atoms with Gasteiger partial charge >= 0.3 is 0 Å². The van der Waals surface area contributed by atoms with Gasteiger partial charge in [-0.2, -0.15) is 0 Å². The molecule has 0 amide bonds. The predicted octanol–water partition coefficient (Wildman–Crippen LogP) is 14.8. The molecule has 1 aliphatic carbocycles. The number of benzene rings is 9. The second kappa shape index (κ2) is 13.4. The second-order valence-corrected chi connectivity index (χ2v) is 14.9. The minimum Gasteiger partial charge on any atom is -0.456 e. The molecule has 0 atom stereocenters. The van der Waals surface area contributed by atoms with E-state index in [4.69, 9.17) is 4.42 Å². The Balaban J connectivity index is 1.12. The molecule has 1 aromatic heterocycles. The van der Waals surface area contributed by atoms with Crippen LogP contribution in [0.25, 0.3) is 55.3 Å². The van der Waals surface area contributed by atoms with Crippen molar-refractivity contribution in [1.82, 2.24) is 0 Å². The Hall–Kier alpha value is -7.42. The van der Waals surface area contributed by atoms with Crippen LogP contribution < -0.4 is 4.90 Å². The summed E-state index contributed by atoms with van der Waals surface area (Å²) in [6.07, 6.45) is 0. The molecule has 0 N–H and O–H groups in total. The van der Waals surface area contributed by atoms with Gasteiger partial charge in [0.15, 0.2) is 0 Å². The Morgan fingerprint density at radius 3 is 1.44 bits per heavy atom. The lowest BCUT2D eigenvalue weighted by Gasteiger charge is -2.35. The van der Waals surface area contributed by atoms with Crippen LogP contribution in [0.4, 0.5) is 17.1 Å². The smallest absolute Gasteiger partial charge is 0.137 e. The molecule has 0 saturated heterocycles. The third kappa shape index (κ3) is 5.33. The Morgan fingerprint density at radius 1 is 0.316 bits per heavy atom. The zero-order valence-corrected chi connectivity index (χ0v) is 31.2. The van der Waals surface area contributed by atoms with Crippen LogP contribution in [-0.2, 0) is 5.41 Å². The first-order valence-electron chi connectivity index (χ1n) is 19.6.